The molecule has 4 heterocycles. The van der Waals surface area contributed by atoms with E-state index in [1.54, 1.807) is 18.3 Å². The van der Waals surface area contributed by atoms with Crippen molar-refractivity contribution in [3.63, 3.8) is 0 Å². The number of hydrogen-bond acceptors (Lipinski definition) is 4. The highest BCUT2D eigenvalue weighted by molar-refractivity contribution is 5.95. The third kappa shape index (κ3) is 2.87. The number of benzene rings is 1. The minimum absolute atomic E-state index is 0.0582. The molecular formula is C22H24FN3O2. The number of aromatic nitrogens is 1. The number of hydrogen-bond donors (Lipinski definition) is 1. The second kappa shape index (κ2) is 6.27. The van der Waals surface area contributed by atoms with Gasteiger partial charge in [0.15, 0.2) is 0 Å². The zero-order valence-corrected chi connectivity index (χ0v) is 16.0. The lowest BCUT2D eigenvalue weighted by Gasteiger charge is -2.52. The third-order valence-electron chi connectivity index (χ3n) is 6.53. The largest absolute Gasteiger partial charge is 0.381 e. The number of carbonyl (C=O) groups excluding carboxylic acids is 1. The van der Waals surface area contributed by atoms with Gasteiger partial charge in [-0.15, -0.1) is 0 Å². The Morgan fingerprint density at radius 1 is 1.21 bits per heavy atom. The van der Waals surface area contributed by atoms with E-state index in [0.717, 1.165) is 56.1 Å². The molecule has 2 aromatic rings. The van der Waals surface area contributed by atoms with E-state index in [0.29, 0.717) is 12.0 Å². The van der Waals surface area contributed by atoms with Crippen molar-refractivity contribution in [2.24, 2.45) is 5.41 Å². The van der Waals surface area contributed by atoms with Crippen molar-refractivity contribution >= 4 is 11.7 Å². The Labute approximate surface area is 163 Å². The summed E-state index contributed by atoms with van der Waals surface area (Å²) in [6, 6.07) is 8.51. The van der Waals surface area contributed by atoms with Crippen LogP contribution >= 0.6 is 0 Å². The zero-order valence-electron chi connectivity index (χ0n) is 16.0. The quantitative estimate of drug-likeness (QED) is 0.867. The van der Waals surface area contributed by atoms with Crippen LogP contribution in [0.15, 0.2) is 36.5 Å². The van der Waals surface area contributed by atoms with E-state index in [1.807, 2.05) is 11.0 Å². The summed E-state index contributed by atoms with van der Waals surface area (Å²) in [6.45, 7) is 5.32. The predicted octanol–water partition coefficient (Wildman–Crippen LogP) is 3.36. The van der Waals surface area contributed by atoms with Crippen LogP contribution in [0.25, 0.3) is 0 Å². The first-order valence-electron chi connectivity index (χ1n) is 9.87. The molecule has 146 valence electrons. The summed E-state index contributed by atoms with van der Waals surface area (Å²) in [5, 5.41) is 3.44. The number of likely N-dealkylation sites (tertiary alicyclic amines) is 1. The van der Waals surface area contributed by atoms with Gasteiger partial charge in [0.25, 0.3) is 5.91 Å². The van der Waals surface area contributed by atoms with Crippen LogP contribution in [-0.4, -0.2) is 42.1 Å². The van der Waals surface area contributed by atoms with Crippen molar-refractivity contribution in [2.45, 2.75) is 31.7 Å². The Hall–Kier alpha value is -2.47. The monoisotopic (exact) mass is 381 g/mol. The summed E-state index contributed by atoms with van der Waals surface area (Å²) < 4.78 is 18.7. The van der Waals surface area contributed by atoms with E-state index in [-0.39, 0.29) is 22.7 Å². The Morgan fingerprint density at radius 2 is 1.93 bits per heavy atom. The van der Waals surface area contributed by atoms with Crippen molar-refractivity contribution in [1.82, 2.24) is 9.88 Å². The fourth-order valence-electron chi connectivity index (χ4n) is 4.76. The van der Waals surface area contributed by atoms with Gasteiger partial charge in [0.2, 0.25) is 0 Å². The molecule has 1 aromatic heterocycles. The predicted molar refractivity (Wildman–Crippen MR) is 104 cm³/mol. The molecule has 5 nitrogen and oxygen atoms in total. The van der Waals surface area contributed by atoms with Gasteiger partial charge < -0.3 is 15.0 Å². The van der Waals surface area contributed by atoms with Gasteiger partial charge in [0.1, 0.15) is 11.6 Å². The molecule has 0 bridgehead atoms. The Bertz CT molecular complexity index is 916. The zero-order chi connectivity index (χ0) is 19.4. The number of amides is 1. The smallest absolute Gasteiger partial charge is 0.255 e. The maximum atomic E-state index is 13.3. The first-order valence-corrected chi connectivity index (χ1v) is 9.87. The van der Waals surface area contributed by atoms with Crippen LogP contribution < -0.4 is 5.32 Å². The molecule has 6 heteroatoms. The van der Waals surface area contributed by atoms with E-state index in [4.69, 9.17) is 4.74 Å². The van der Waals surface area contributed by atoms with Crippen LogP contribution in [0.5, 0.6) is 0 Å². The van der Waals surface area contributed by atoms with E-state index in [1.165, 1.54) is 12.1 Å². The van der Waals surface area contributed by atoms with Crippen LogP contribution in [0.1, 0.15) is 41.3 Å². The Balaban J connectivity index is 1.31. The lowest BCUT2D eigenvalue weighted by molar-refractivity contribution is -0.0666. The Kier molecular flexibility index (Phi) is 3.95. The summed E-state index contributed by atoms with van der Waals surface area (Å²) in [6.07, 6.45) is 4.46. The molecule has 1 N–H and O–H groups in total. The van der Waals surface area contributed by atoms with E-state index >= 15 is 0 Å². The van der Waals surface area contributed by atoms with Crippen molar-refractivity contribution < 1.29 is 13.9 Å². The van der Waals surface area contributed by atoms with Gasteiger partial charge in [-0.2, -0.15) is 0 Å². The van der Waals surface area contributed by atoms with Crippen molar-refractivity contribution in [1.29, 1.82) is 0 Å². The maximum Gasteiger partial charge on any atom is 0.255 e. The number of fused-ring (bicyclic) bond motifs is 1. The summed E-state index contributed by atoms with van der Waals surface area (Å²) >= 11 is 0. The van der Waals surface area contributed by atoms with Crippen molar-refractivity contribution in [3.05, 3.63) is 59.0 Å². The maximum absolute atomic E-state index is 13.3. The van der Waals surface area contributed by atoms with Crippen molar-refractivity contribution in [2.75, 3.05) is 31.6 Å². The highest BCUT2D eigenvalue weighted by Crippen LogP contribution is 2.41. The van der Waals surface area contributed by atoms with Crippen molar-refractivity contribution in [3.8, 4) is 0 Å². The number of nitrogens with one attached hydrogen (secondary N) is 1. The summed E-state index contributed by atoms with van der Waals surface area (Å²) in [4.78, 5) is 19.4. The average molecular weight is 381 g/mol. The number of nitrogens with zero attached hydrogens (tertiary/aromatic N) is 2. The molecule has 1 atom stereocenters. The molecule has 5 rings (SSSR count). The normalized spacial score (nSPS) is 25.1. The Morgan fingerprint density at radius 3 is 2.64 bits per heavy atom. The summed E-state index contributed by atoms with van der Waals surface area (Å²) in [5.74, 6) is 0.612. The second-order valence-corrected chi connectivity index (χ2v) is 8.65. The fourth-order valence-corrected chi connectivity index (χ4v) is 4.76. The van der Waals surface area contributed by atoms with Gasteiger partial charge in [-0.1, -0.05) is 12.1 Å². The third-order valence-corrected chi connectivity index (χ3v) is 6.53. The highest BCUT2D eigenvalue weighted by Gasteiger charge is 2.46. The molecule has 0 aliphatic carbocycles. The molecule has 0 radical (unpaired) electrons. The fraction of sp³-hybridized carbons (Fsp3) is 0.455. The number of rotatable bonds is 2. The van der Waals surface area contributed by atoms with Crippen LogP contribution in [-0.2, 0) is 16.7 Å². The topological polar surface area (TPSA) is 54.5 Å². The van der Waals surface area contributed by atoms with Gasteiger partial charge in [0, 0.05) is 44.3 Å². The lowest BCUT2D eigenvalue weighted by atomic mass is 9.73. The van der Waals surface area contributed by atoms with Gasteiger partial charge in [0.05, 0.1) is 11.1 Å². The van der Waals surface area contributed by atoms with Crippen LogP contribution in [0, 0.1) is 11.2 Å². The standard InChI is InChI=1S/C22H24FN3O2/c1-21(17-2-4-18(23)5-3-17)11-15-10-16(12-24-19(15)25-21)20(27)26-13-22(14-26)6-8-28-9-7-22/h2-5,10,12H,6-9,11,13-14H2,1H3,(H,24,25)/t21-/m1/s1. The molecule has 0 saturated carbocycles. The number of carbonyl (C=O) groups is 1. The van der Waals surface area contributed by atoms with Gasteiger partial charge in [-0.25, -0.2) is 9.37 Å². The van der Waals surface area contributed by atoms with E-state index < -0.39 is 0 Å². The first-order chi connectivity index (χ1) is 13.5. The molecular weight excluding hydrogens is 357 g/mol. The van der Waals surface area contributed by atoms with Crippen LogP contribution in [0.3, 0.4) is 0 Å². The SMILES string of the molecule is C[C@]1(c2ccc(F)cc2)Cc2cc(C(=O)N3CC4(CCOCC4)C3)cnc2N1. The van der Waals surface area contributed by atoms with Crippen LogP contribution in [0.2, 0.25) is 0 Å². The van der Waals surface area contributed by atoms with Gasteiger partial charge in [-0.3, -0.25) is 4.79 Å². The summed E-state index contributed by atoms with van der Waals surface area (Å²) in [7, 11) is 0. The minimum Gasteiger partial charge on any atom is -0.381 e. The minimum atomic E-state index is -0.354. The molecule has 1 aromatic carbocycles. The molecule has 1 amide bonds. The summed E-state index contributed by atoms with van der Waals surface area (Å²) in [5.41, 5.74) is 2.59. The second-order valence-electron chi connectivity index (χ2n) is 8.65. The van der Waals surface area contributed by atoms with Gasteiger partial charge in [-0.05, 0) is 49.1 Å². The number of anilines is 1. The molecule has 3 aliphatic heterocycles. The molecule has 1 spiro atoms. The van der Waals surface area contributed by atoms with Crippen LogP contribution in [0.4, 0.5) is 10.2 Å². The van der Waals surface area contributed by atoms with E-state index in [9.17, 15) is 9.18 Å². The van der Waals surface area contributed by atoms with Gasteiger partial charge >= 0.3 is 0 Å². The molecule has 2 fully saturated rings. The lowest BCUT2D eigenvalue weighted by Crippen LogP contribution is -2.60. The van der Waals surface area contributed by atoms with E-state index in [2.05, 4.69) is 17.2 Å². The molecule has 28 heavy (non-hydrogen) atoms. The highest BCUT2D eigenvalue weighted by atomic mass is 19.1. The molecule has 3 aliphatic rings. The number of halogens is 1. The first kappa shape index (κ1) is 17.6. The molecule has 0 unspecified atom stereocenters. The average Bonchev–Trinajstić information content (AvgIpc) is 3.03. The number of pyridine rings is 1. The molecule has 2 saturated heterocycles. The number of ether oxygens (including phenoxy) is 1.